The normalized spacial score (nSPS) is 10.8. The molecule has 0 aliphatic heterocycles. The lowest BCUT2D eigenvalue weighted by molar-refractivity contribution is 0.432. The van der Waals surface area contributed by atoms with Gasteiger partial charge in [0.05, 0.1) is 5.56 Å². The van der Waals surface area contributed by atoms with Gasteiger partial charge in [0.2, 0.25) is 5.82 Å². The standard InChI is InChI=1S/C17H17N3O/c1-10-8-12(3)15(18)14(9-10)17-19-16(20-21-17)13-7-5-4-6-11(13)2/h4-9H,18H2,1-3H3. The molecule has 1 heterocycles. The molecule has 0 spiro atoms. The predicted octanol–water partition coefficient (Wildman–Crippen LogP) is 3.91. The monoisotopic (exact) mass is 279 g/mol. The van der Waals surface area contributed by atoms with Crippen LogP contribution >= 0.6 is 0 Å². The number of aryl methyl sites for hydroxylation is 3. The number of hydrogen-bond acceptors (Lipinski definition) is 4. The summed E-state index contributed by atoms with van der Waals surface area (Å²) in [5, 5.41) is 4.08. The molecule has 3 rings (SSSR count). The smallest absolute Gasteiger partial charge is 0.260 e. The van der Waals surface area contributed by atoms with Gasteiger partial charge >= 0.3 is 0 Å². The summed E-state index contributed by atoms with van der Waals surface area (Å²) in [6.07, 6.45) is 0. The minimum atomic E-state index is 0.456. The summed E-state index contributed by atoms with van der Waals surface area (Å²) in [6.45, 7) is 6.02. The highest BCUT2D eigenvalue weighted by molar-refractivity contribution is 5.75. The first kappa shape index (κ1) is 13.4. The molecule has 0 aliphatic carbocycles. The molecule has 3 aromatic rings. The maximum atomic E-state index is 6.13. The average molecular weight is 279 g/mol. The number of nitrogens with zero attached hydrogens (tertiary/aromatic N) is 2. The summed E-state index contributed by atoms with van der Waals surface area (Å²) in [5.41, 5.74) is 11.8. The molecule has 0 atom stereocenters. The number of nitrogens with two attached hydrogens (primary N) is 1. The van der Waals surface area contributed by atoms with Crippen LogP contribution < -0.4 is 5.73 Å². The van der Waals surface area contributed by atoms with Crippen molar-refractivity contribution < 1.29 is 4.52 Å². The summed E-state index contributed by atoms with van der Waals surface area (Å²) < 4.78 is 5.41. The van der Waals surface area contributed by atoms with E-state index in [1.54, 1.807) is 0 Å². The Labute approximate surface area is 123 Å². The van der Waals surface area contributed by atoms with Crippen LogP contribution in [0, 0.1) is 20.8 Å². The first-order valence-corrected chi connectivity index (χ1v) is 6.83. The molecule has 2 aromatic carbocycles. The van der Waals surface area contributed by atoms with Crippen molar-refractivity contribution in [1.29, 1.82) is 0 Å². The van der Waals surface area contributed by atoms with Crippen LogP contribution in [0.4, 0.5) is 5.69 Å². The van der Waals surface area contributed by atoms with Crippen molar-refractivity contribution in [1.82, 2.24) is 10.1 Å². The van der Waals surface area contributed by atoms with E-state index in [9.17, 15) is 0 Å². The maximum Gasteiger partial charge on any atom is 0.260 e. The molecule has 0 amide bonds. The number of benzene rings is 2. The van der Waals surface area contributed by atoms with Crippen molar-refractivity contribution >= 4 is 5.69 Å². The zero-order chi connectivity index (χ0) is 15.0. The first-order chi connectivity index (χ1) is 10.1. The largest absolute Gasteiger partial charge is 0.398 e. The van der Waals surface area contributed by atoms with Gasteiger partial charge in [0.15, 0.2) is 0 Å². The van der Waals surface area contributed by atoms with Gasteiger partial charge < -0.3 is 10.3 Å². The molecule has 4 nitrogen and oxygen atoms in total. The Morgan fingerprint density at radius 2 is 1.71 bits per heavy atom. The molecule has 0 bridgehead atoms. The van der Waals surface area contributed by atoms with Crippen molar-refractivity contribution in [2.75, 3.05) is 5.73 Å². The van der Waals surface area contributed by atoms with E-state index in [-0.39, 0.29) is 0 Å². The third kappa shape index (κ3) is 2.40. The number of anilines is 1. The fourth-order valence-electron chi connectivity index (χ4n) is 2.42. The van der Waals surface area contributed by atoms with Gasteiger partial charge in [-0.2, -0.15) is 4.98 Å². The molecule has 4 heteroatoms. The minimum Gasteiger partial charge on any atom is -0.398 e. The molecule has 106 valence electrons. The molecule has 0 aliphatic rings. The van der Waals surface area contributed by atoms with Crippen LogP contribution in [0.15, 0.2) is 40.9 Å². The van der Waals surface area contributed by atoms with Crippen molar-refractivity contribution in [2.24, 2.45) is 0 Å². The van der Waals surface area contributed by atoms with Crippen molar-refractivity contribution in [3.8, 4) is 22.8 Å². The highest BCUT2D eigenvalue weighted by atomic mass is 16.5. The topological polar surface area (TPSA) is 64.9 Å². The Bertz CT molecular complexity index is 806. The summed E-state index contributed by atoms with van der Waals surface area (Å²) in [6, 6.07) is 12.0. The molecule has 2 N–H and O–H groups in total. The average Bonchev–Trinajstić information content (AvgIpc) is 2.92. The fraction of sp³-hybridized carbons (Fsp3) is 0.176. The lowest BCUT2D eigenvalue weighted by Crippen LogP contribution is -1.95. The van der Waals surface area contributed by atoms with Crippen molar-refractivity contribution in [3.05, 3.63) is 53.1 Å². The molecule has 0 fully saturated rings. The van der Waals surface area contributed by atoms with Crippen LogP contribution in [-0.2, 0) is 0 Å². The molecular weight excluding hydrogens is 262 g/mol. The van der Waals surface area contributed by atoms with Crippen LogP contribution in [0.1, 0.15) is 16.7 Å². The number of rotatable bonds is 2. The molecule has 0 saturated carbocycles. The van der Waals surface area contributed by atoms with Gasteiger partial charge in [0.1, 0.15) is 0 Å². The van der Waals surface area contributed by atoms with Gasteiger partial charge in [-0.1, -0.05) is 35.5 Å². The van der Waals surface area contributed by atoms with E-state index >= 15 is 0 Å². The third-order valence-corrected chi connectivity index (χ3v) is 3.57. The summed E-state index contributed by atoms with van der Waals surface area (Å²) in [5.74, 6) is 1.04. The molecule has 0 saturated heterocycles. The van der Waals surface area contributed by atoms with Gasteiger partial charge in [-0.15, -0.1) is 0 Å². The highest BCUT2D eigenvalue weighted by Crippen LogP contribution is 2.30. The Balaban J connectivity index is 2.09. The summed E-state index contributed by atoms with van der Waals surface area (Å²) in [4.78, 5) is 4.50. The van der Waals surface area contributed by atoms with E-state index in [1.165, 1.54) is 0 Å². The van der Waals surface area contributed by atoms with Crippen molar-refractivity contribution in [2.45, 2.75) is 20.8 Å². The Hall–Kier alpha value is -2.62. The molecule has 1 aromatic heterocycles. The second-order valence-corrected chi connectivity index (χ2v) is 5.28. The van der Waals surface area contributed by atoms with E-state index in [2.05, 4.69) is 10.1 Å². The predicted molar refractivity (Wildman–Crippen MR) is 83.8 cm³/mol. The quantitative estimate of drug-likeness (QED) is 0.722. The van der Waals surface area contributed by atoms with E-state index < -0.39 is 0 Å². The number of aromatic nitrogens is 2. The first-order valence-electron chi connectivity index (χ1n) is 6.83. The molecular formula is C17H17N3O. The van der Waals surface area contributed by atoms with Gasteiger partial charge in [-0.05, 0) is 43.5 Å². The second kappa shape index (κ2) is 5.05. The van der Waals surface area contributed by atoms with Crippen LogP contribution in [0.3, 0.4) is 0 Å². The summed E-state index contributed by atoms with van der Waals surface area (Å²) >= 11 is 0. The van der Waals surface area contributed by atoms with E-state index in [0.29, 0.717) is 17.4 Å². The maximum absolute atomic E-state index is 6.13. The third-order valence-electron chi connectivity index (χ3n) is 3.57. The van der Waals surface area contributed by atoms with Crippen LogP contribution in [0.25, 0.3) is 22.8 Å². The Morgan fingerprint density at radius 1 is 0.952 bits per heavy atom. The van der Waals surface area contributed by atoms with Gasteiger partial charge in [-0.25, -0.2) is 0 Å². The Morgan fingerprint density at radius 3 is 2.48 bits per heavy atom. The van der Waals surface area contributed by atoms with Crippen molar-refractivity contribution in [3.63, 3.8) is 0 Å². The van der Waals surface area contributed by atoms with Gasteiger partial charge in [0.25, 0.3) is 5.89 Å². The molecule has 21 heavy (non-hydrogen) atoms. The number of hydrogen-bond donors (Lipinski definition) is 1. The second-order valence-electron chi connectivity index (χ2n) is 5.28. The van der Waals surface area contributed by atoms with Crippen LogP contribution in [-0.4, -0.2) is 10.1 Å². The number of nitrogen functional groups attached to an aromatic ring is 1. The van der Waals surface area contributed by atoms with E-state index in [1.807, 2.05) is 57.2 Å². The molecule has 0 unspecified atom stereocenters. The van der Waals surface area contributed by atoms with E-state index in [0.717, 1.165) is 27.8 Å². The van der Waals surface area contributed by atoms with Crippen LogP contribution in [0.5, 0.6) is 0 Å². The highest BCUT2D eigenvalue weighted by Gasteiger charge is 2.15. The minimum absolute atomic E-state index is 0.456. The van der Waals surface area contributed by atoms with Gasteiger partial charge in [0, 0.05) is 11.3 Å². The zero-order valence-electron chi connectivity index (χ0n) is 12.3. The zero-order valence-corrected chi connectivity index (χ0v) is 12.3. The SMILES string of the molecule is Cc1cc(C)c(N)c(-c2nc(-c3ccccc3C)no2)c1. The lowest BCUT2D eigenvalue weighted by atomic mass is 10.0. The van der Waals surface area contributed by atoms with Gasteiger partial charge in [-0.3, -0.25) is 0 Å². The fourth-order valence-corrected chi connectivity index (χ4v) is 2.42. The lowest BCUT2D eigenvalue weighted by Gasteiger charge is -2.06. The summed E-state index contributed by atoms with van der Waals surface area (Å²) in [7, 11) is 0. The molecule has 0 radical (unpaired) electrons. The van der Waals surface area contributed by atoms with E-state index in [4.69, 9.17) is 10.3 Å². The van der Waals surface area contributed by atoms with Crippen LogP contribution in [0.2, 0.25) is 0 Å². The Kier molecular flexibility index (Phi) is 3.22.